The van der Waals surface area contributed by atoms with Crippen molar-refractivity contribution in [3.63, 3.8) is 0 Å². The third-order valence-corrected chi connectivity index (χ3v) is 4.75. The number of nitrogens with two attached hydrogens (primary N) is 1. The molecular formula is C22H20N6. The lowest BCUT2D eigenvalue weighted by Gasteiger charge is -2.22. The van der Waals surface area contributed by atoms with E-state index in [-0.39, 0.29) is 5.62 Å². The zero-order valence-electron chi connectivity index (χ0n) is 15.4. The largest absolute Gasteiger partial charge is 0.399 e. The van der Waals surface area contributed by atoms with E-state index < -0.39 is 0 Å². The van der Waals surface area contributed by atoms with Gasteiger partial charge in [0.1, 0.15) is 5.82 Å². The van der Waals surface area contributed by atoms with Gasteiger partial charge in [-0.25, -0.2) is 0 Å². The highest BCUT2D eigenvalue weighted by atomic mass is 15.2. The van der Waals surface area contributed by atoms with Gasteiger partial charge in [-0.2, -0.15) is 4.98 Å². The van der Waals surface area contributed by atoms with Gasteiger partial charge < -0.3 is 10.6 Å². The van der Waals surface area contributed by atoms with Crippen LogP contribution >= 0.6 is 0 Å². The molecule has 4 rings (SSSR count). The SMILES string of the molecule is CN(c1cccc(-c2ccccc2)c1)c1nc(=N)n(C=N)c2cc(N)ccc12. The molecule has 28 heavy (non-hydrogen) atoms. The van der Waals surface area contributed by atoms with Crippen LogP contribution in [0, 0.1) is 10.8 Å². The second-order valence-corrected chi connectivity index (χ2v) is 6.51. The van der Waals surface area contributed by atoms with Crippen LogP contribution in [0.1, 0.15) is 0 Å². The van der Waals surface area contributed by atoms with Crippen LogP contribution in [0.15, 0.2) is 72.8 Å². The second-order valence-electron chi connectivity index (χ2n) is 6.51. The third-order valence-electron chi connectivity index (χ3n) is 4.75. The molecule has 0 atom stereocenters. The van der Waals surface area contributed by atoms with Gasteiger partial charge in [-0.05, 0) is 41.5 Å². The zero-order valence-corrected chi connectivity index (χ0v) is 15.4. The van der Waals surface area contributed by atoms with E-state index in [0.29, 0.717) is 17.0 Å². The maximum absolute atomic E-state index is 8.23. The molecule has 0 aliphatic carbocycles. The number of rotatable bonds is 4. The van der Waals surface area contributed by atoms with E-state index in [9.17, 15) is 0 Å². The quantitative estimate of drug-likeness (QED) is 0.289. The first-order valence-electron chi connectivity index (χ1n) is 8.84. The molecule has 0 bridgehead atoms. The molecule has 3 aromatic carbocycles. The van der Waals surface area contributed by atoms with Gasteiger partial charge in [-0.1, -0.05) is 42.5 Å². The molecule has 0 saturated carbocycles. The van der Waals surface area contributed by atoms with Crippen LogP contribution in [0.2, 0.25) is 0 Å². The molecule has 138 valence electrons. The fourth-order valence-electron chi connectivity index (χ4n) is 3.30. The number of nitrogens with one attached hydrogen (secondary N) is 2. The predicted molar refractivity (Wildman–Crippen MR) is 114 cm³/mol. The first-order chi connectivity index (χ1) is 13.6. The highest BCUT2D eigenvalue weighted by Gasteiger charge is 2.14. The van der Waals surface area contributed by atoms with Gasteiger partial charge in [-0.3, -0.25) is 15.4 Å². The van der Waals surface area contributed by atoms with E-state index in [1.807, 2.05) is 48.3 Å². The minimum absolute atomic E-state index is 0.0193. The fourth-order valence-corrected chi connectivity index (χ4v) is 3.30. The van der Waals surface area contributed by atoms with E-state index in [1.165, 1.54) is 4.57 Å². The van der Waals surface area contributed by atoms with E-state index >= 15 is 0 Å². The minimum atomic E-state index is -0.0193. The van der Waals surface area contributed by atoms with Gasteiger partial charge in [0, 0.05) is 23.8 Å². The van der Waals surface area contributed by atoms with Crippen molar-refractivity contribution in [1.29, 1.82) is 10.8 Å². The lowest BCUT2D eigenvalue weighted by atomic mass is 10.0. The summed E-state index contributed by atoms with van der Waals surface area (Å²) in [7, 11) is 1.93. The number of hydrogen-bond acceptors (Lipinski definition) is 5. The number of benzene rings is 3. The Bertz CT molecular complexity index is 1230. The molecular weight excluding hydrogens is 348 g/mol. The summed E-state index contributed by atoms with van der Waals surface area (Å²) in [6, 6.07) is 23.8. The number of aromatic nitrogens is 2. The van der Waals surface area contributed by atoms with Gasteiger partial charge in [-0.15, -0.1) is 0 Å². The molecule has 4 aromatic rings. The highest BCUT2D eigenvalue weighted by Crippen LogP contribution is 2.31. The Hall–Kier alpha value is -3.93. The average molecular weight is 368 g/mol. The Kier molecular flexibility index (Phi) is 4.37. The van der Waals surface area contributed by atoms with Gasteiger partial charge in [0.25, 0.3) is 0 Å². The van der Waals surface area contributed by atoms with Crippen LogP contribution in [-0.2, 0) is 0 Å². The summed E-state index contributed by atoms with van der Waals surface area (Å²) in [5.41, 5.74) is 10.4. The predicted octanol–water partition coefficient (Wildman–Crippen LogP) is 3.99. The summed E-state index contributed by atoms with van der Waals surface area (Å²) in [5.74, 6) is 0.642. The molecule has 6 nitrogen and oxygen atoms in total. The Balaban J connectivity index is 1.87. The summed E-state index contributed by atoms with van der Waals surface area (Å²) < 4.78 is 1.41. The van der Waals surface area contributed by atoms with Crippen molar-refractivity contribution < 1.29 is 0 Å². The van der Waals surface area contributed by atoms with E-state index in [2.05, 4.69) is 29.2 Å². The van der Waals surface area contributed by atoms with Crippen LogP contribution in [-0.4, -0.2) is 22.9 Å². The van der Waals surface area contributed by atoms with Crippen molar-refractivity contribution in [3.8, 4) is 11.1 Å². The van der Waals surface area contributed by atoms with Crippen molar-refractivity contribution in [2.24, 2.45) is 0 Å². The summed E-state index contributed by atoms with van der Waals surface area (Å²) in [6.45, 7) is 0. The van der Waals surface area contributed by atoms with Crippen LogP contribution < -0.4 is 16.3 Å². The van der Waals surface area contributed by atoms with E-state index in [4.69, 9.17) is 16.6 Å². The molecule has 1 heterocycles. The molecule has 0 unspecified atom stereocenters. The van der Waals surface area contributed by atoms with Crippen molar-refractivity contribution in [2.45, 2.75) is 0 Å². The summed E-state index contributed by atoms with van der Waals surface area (Å²) >= 11 is 0. The van der Waals surface area contributed by atoms with Crippen LogP contribution in [0.5, 0.6) is 0 Å². The number of fused-ring (bicyclic) bond motifs is 1. The van der Waals surface area contributed by atoms with Crippen molar-refractivity contribution >= 4 is 34.4 Å². The van der Waals surface area contributed by atoms with Gasteiger partial charge >= 0.3 is 0 Å². The monoisotopic (exact) mass is 368 g/mol. The summed E-state index contributed by atoms with van der Waals surface area (Å²) in [5, 5.41) is 16.7. The molecule has 0 radical (unpaired) electrons. The second kappa shape index (κ2) is 7.00. The summed E-state index contributed by atoms with van der Waals surface area (Å²) in [6.07, 6.45) is 1.08. The maximum Gasteiger partial charge on any atom is 0.229 e. The molecule has 4 N–H and O–H groups in total. The Morgan fingerprint density at radius 1 is 0.964 bits per heavy atom. The van der Waals surface area contributed by atoms with Gasteiger partial charge in [0.2, 0.25) is 5.62 Å². The topological polar surface area (TPSA) is 94.8 Å². The van der Waals surface area contributed by atoms with Crippen LogP contribution in [0.3, 0.4) is 0 Å². The Morgan fingerprint density at radius 3 is 2.46 bits per heavy atom. The van der Waals surface area contributed by atoms with Crippen LogP contribution in [0.25, 0.3) is 22.0 Å². The number of nitrogens with zero attached hydrogens (tertiary/aromatic N) is 3. The molecule has 0 amide bonds. The highest BCUT2D eigenvalue weighted by molar-refractivity contribution is 5.95. The maximum atomic E-state index is 8.23. The Labute approximate surface area is 162 Å². The van der Waals surface area contributed by atoms with Crippen molar-refractivity contribution in [2.75, 3.05) is 17.7 Å². The first kappa shape index (κ1) is 17.5. The van der Waals surface area contributed by atoms with Gasteiger partial charge in [0.15, 0.2) is 0 Å². The smallest absolute Gasteiger partial charge is 0.229 e. The lowest BCUT2D eigenvalue weighted by Crippen LogP contribution is -2.26. The molecule has 0 fully saturated rings. The zero-order chi connectivity index (χ0) is 19.7. The normalized spacial score (nSPS) is 10.8. The molecule has 0 aliphatic rings. The van der Waals surface area contributed by atoms with E-state index in [1.54, 1.807) is 12.1 Å². The standard InChI is InChI=1S/C22H20N6/c1-27(18-9-5-8-16(12-18)15-6-3-2-4-7-15)21-19-11-10-17(24)13-20(19)28(14-23)22(25)26-21/h2-14,23,25H,24H2,1H3. The Morgan fingerprint density at radius 2 is 1.71 bits per heavy atom. The molecule has 6 heteroatoms. The molecule has 0 spiro atoms. The van der Waals surface area contributed by atoms with Crippen molar-refractivity contribution in [3.05, 3.63) is 78.4 Å². The fraction of sp³-hybridized carbons (Fsp3) is 0.0455. The van der Waals surface area contributed by atoms with Crippen LogP contribution in [0.4, 0.5) is 17.2 Å². The number of nitrogen functional groups attached to an aromatic ring is 1. The van der Waals surface area contributed by atoms with Crippen molar-refractivity contribution in [1.82, 2.24) is 9.55 Å². The summed E-state index contributed by atoms with van der Waals surface area (Å²) in [4.78, 5) is 6.40. The molecule has 0 aliphatic heterocycles. The lowest BCUT2D eigenvalue weighted by molar-refractivity contribution is 0.915. The molecule has 0 saturated heterocycles. The first-order valence-corrected chi connectivity index (χ1v) is 8.84. The average Bonchev–Trinajstić information content (AvgIpc) is 2.73. The number of anilines is 3. The third kappa shape index (κ3) is 3.01. The van der Waals surface area contributed by atoms with Gasteiger partial charge in [0.05, 0.1) is 11.9 Å². The number of hydrogen-bond donors (Lipinski definition) is 3. The minimum Gasteiger partial charge on any atom is -0.399 e. The molecule has 1 aromatic heterocycles. The van der Waals surface area contributed by atoms with E-state index in [0.717, 1.165) is 28.5 Å².